The Kier molecular flexibility index (Phi) is 11.1. The van der Waals surface area contributed by atoms with Gasteiger partial charge in [-0.1, -0.05) is 17.7 Å². The van der Waals surface area contributed by atoms with E-state index in [1.807, 2.05) is 0 Å². The SMILES string of the molecule is CCOC(=O)CC1(NS(C)=O)CC2COCC(CN(CC3=C(C(=O)OC)[C@H](c4ccc(F)cc4Cl)N=C(C4=N[C+]=CS4)N3)C2)C1. The van der Waals surface area contributed by atoms with Crippen molar-refractivity contribution in [3.63, 3.8) is 0 Å². The van der Waals surface area contributed by atoms with Gasteiger partial charge in [-0.05, 0) is 43.7 Å². The number of carbonyl (C=O) groups is 2. The maximum Gasteiger partial charge on any atom is 0.338 e. The largest absolute Gasteiger partial charge is 0.466 e. The smallest absolute Gasteiger partial charge is 0.338 e. The number of amidine groups is 1. The number of rotatable bonds is 10. The zero-order valence-corrected chi connectivity index (χ0v) is 27.7. The molecule has 0 aliphatic carbocycles. The number of benzene rings is 1. The number of hydrogen-bond donors (Lipinski definition) is 2. The first-order chi connectivity index (χ1) is 21.6. The van der Waals surface area contributed by atoms with Crippen molar-refractivity contribution >= 4 is 57.2 Å². The van der Waals surface area contributed by atoms with E-state index >= 15 is 0 Å². The molecule has 6 rings (SSSR count). The van der Waals surface area contributed by atoms with Crippen molar-refractivity contribution in [1.82, 2.24) is 14.9 Å². The molecule has 1 aromatic rings. The van der Waals surface area contributed by atoms with Crippen molar-refractivity contribution in [2.45, 2.75) is 37.8 Å². The molecule has 3 fully saturated rings. The molecule has 3 saturated heterocycles. The van der Waals surface area contributed by atoms with Crippen LogP contribution in [0.1, 0.15) is 37.8 Å². The van der Waals surface area contributed by atoms with Gasteiger partial charge >= 0.3 is 11.9 Å². The van der Waals surface area contributed by atoms with Crippen molar-refractivity contribution in [2.75, 3.05) is 52.8 Å². The molecule has 1 aromatic carbocycles. The molecule has 2 bridgehead atoms. The van der Waals surface area contributed by atoms with Crippen LogP contribution in [0.5, 0.6) is 0 Å². The molecule has 5 aliphatic rings. The standard InChI is InChI=1S/C30H35ClFN5O6S2/c1-4-43-24(38)12-30(36-45(3)40)10-18-13-37(14-19(11-30)17-42-16-18)15-23-25(29(39)41-2)26(21-6-5-20(32)9-22(21)31)35-27(34-23)28-33-7-8-44-28/h5-6,8-9,18-19,26,36H,4,10-17H2,1-3H3/p+1/t18?,19?,26-,30?,45?/m0/s1. The lowest BCUT2D eigenvalue weighted by atomic mass is 9.76. The van der Waals surface area contributed by atoms with Crippen LogP contribution in [-0.2, 0) is 34.8 Å². The molecule has 15 heteroatoms. The van der Waals surface area contributed by atoms with Gasteiger partial charge in [-0.3, -0.25) is 9.69 Å². The number of fused-ring (bicyclic) bond motifs is 6. The van der Waals surface area contributed by atoms with Crippen LogP contribution < -0.4 is 10.0 Å². The second-order valence-electron chi connectivity index (χ2n) is 11.5. The molecular weight excluding hydrogens is 645 g/mol. The number of carbonyl (C=O) groups excluding carboxylic acids is 2. The lowest BCUT2D eigenvalue weighted by molar-refractivity contribution is -0.145. The van der Waals surface area contributed by atoms with E-state index in [0.29, 0.717) is 67.8 Å². The lowest BCUT2D eigenvalue weighted by Crippen LogP contribution is -2.56. The Balaban J connectivity index is 1.49. The topological polar surface area (TPSA) is 131 Å². The molecule has 5 aliphatic heterocycles. The number of hydrogen-bond acceptors (Lipinski definition) is 11. The van der Waals surface area contributed by atoms with Crippen LogP contribution in [0, 0.1) is 23.9 Å². The first-order valence-electron chi connectivity index (χ1n) is 14.6. The molecule has 0 radical (unpaired) electrons. The van der Waals surface area contributed by atoms with Gasteiger partial charge in [0.1, 0.15) is 11.9 Å². The van der Waals surface area contributed by atoms with Gasteiger partial charge in [0, 0.05) is 52.7 Å². The Labute approximate surface area is 273 Å². The lowest BCUT2D eigenvalue weighted by Gasteiger charge is -2.46. The summed E-state index contributed by atoms with van der Waals surface area (Å²) in [6.45, 7) is 4.45. The molecule has 242 valence electrons. The summed E-state index contributed by atoms with van der Waals surface area (Å²) in [7, 11) is -0.0476. The maximum atomic E-state index is 14.0. The second kappa shape index (κ2) is 14.8. The quantitative estimate of drug-likeness (QED) is 0.282. The number of methoxy groups -OCH3 is 1. The minimum atomic E-state index is -1.35. The Bertz CT molecular complexity index is 1450. The van der Waals surface area contributed by atoms with E-state index in [1.54, 1.807) is 18.6 Å². The fourth-order valence-electron chi connectivity index (χ4n) is 6.59. The zero-order chi connectivity index (χ0) is 32.1. The summed E-state index contributed by atoms with van der Waals surface area (Å²) < 4.78 is 46.3. The molecule has 4 atom stereocenters. The number of thioether (sulfide) groups is 1. The van der Waals surface area contributed by atoms with E-state index in [4.69, 9.17) is 30.8 Å². The number of aliphatic imine (C=N–C) groups is 2. The molecule has 2 N–H and O–H groups in total. The second-order valence-corrected chi connectivity index (χ2v) is 13.9. The maximum absolute atomic E-state index is 14.0. The number of halogens is 2. The third kappa shape index (κ3) is 8.18. The van der Waals surface area contributed by atoms with Gasteiger partial charge < -0.3 is 19.5 Å². The summed E-state index contributed by atoms with van der Waals surface area (Å²) in [4.78, 5) is 37.4. The summed E-state index contributed by atoms with van der Waals surface area (Å²) >= 11 is 7.84. The molecule has 5 heterocycles. The summed E-state index contributed by atoms with van der Waals surface area (Å²) in [5.74, 6) is -1.03. The minimum absolute atomic E-state index is 0.0217. The fourth-order valence-corrected chi connectivity index (χ4v) is 8.24. The van der Waals surface area contributed by atoms with Crippen LogP contribution in [0.3, 0.4) is 0 Å². The Hall–Kier alpha value is -2.71. The van der Waals surface area contributed by atoms with Crippen LogP contribution in [0.2, 0.25) is 5.02 Å². The first kappa shape index (κ1) is 33.6. The highest BCUT2D eigenvalue weighted by molar-refractivity contribution is 8.18. The van der Waals surface area contributed by atoms with E-state index in [0.717, 1.165) is 0 Å². The van der Waals surface area contributed by atoms with E-state index in [-0.39, 0.29) is 41.4 Å². The Morgan fingerprint density at radius 1 is 1.31 bits per heavy atom. The summed E-state index contributed by atoms with van der Waals surface area (Å²) in [6.07, 6.45) is 5.58. The number of nitrogens with one attached hydrogen (secondary N) is 2. The molecule has 3 unspecified atom stereocenters. The monoisotopic (exact) mass is 680 g/mol. The Morgan fingerprint density at radius 3 is 2.64 bits per heavy atom. The third-order valence-corrected chi connectivity index (χ3v) is 9.79. The highest BCUT2D eigenvalue weighted by atomic mass is 35.5. The van der Waals surface area contributed by atoms with Gasteiger partial charge in [0.2, 0.25) is 6.20 Å². The zero-order valence-electron chi connectivity index (χ0n) is 25.3. The van der Waals surface area contributed by atoms with Gasteiger partial charge in [-0.25, -0.2) is 23.1 Å². The molecule has 0 aromatic heterocycles. The van der Waals surface area contributed by atoms with E-state index in [1.165, 1.54) is 37.1 Å². The Morgan fingerprint density at radius 2 is 2.04 bits per heavy atom. The van der Waals surface area contributed by atoms with Crippen molar-refractivity contribution in [2.24, 2.45) is 21.8 Å². The van der Waals surface area contributed by atoms with Gasteiger partial charge in [0.05, 0.1) is 61.7 Å². The van der Waals surface area contributed by atoms with Gasteiger partial charge in [0.15, 0.2) is 5.41 Å². The highest BCUT2D eigenvalue weighted by Gasteiger charge is 2.44. The number of ether oxygens (including phenoxy) is 3. The van der Waals surface area contributed by atoms with Crippen LogP contribution in [-0.4, -0.2) is 90.3 Å². The van der Waals surface area contributed by atoms with Crippen LogP contribution in [0.25, 0.3) is 0 Å². The average Bonchev–Trinajstić information content (AvgIpc) is 3.49. The fraction of sp³-hybridized carbons (Fsp3) is 0.533. The van der Waals surface area contributed by atoms with Crippen molar-refractivity contribution in [3.05, 3.63) is 57.5 Å². The highest BCUT2D eigenvalue weighted by Crippen LogP contribution is 2.39. The molecule has 45 heavy (non-hydrogen) atoms. The van der Waals surface area contributed by atoms with E-state index < -0.39 is 34.4 Å². The number of nitrogens with zero attached hydrogens (tertiary/aromatic N) is 3. The van der Waals surface area contributed by atoms with Gasteiger partial charge in [-0.2, -0.15) is 0 Å². The normalized spacial score (nSPS) is 27.4. The summed E-state index contributed by atoms with van der Waals surface area (Å²) in [6, 6.07) is 3.12. The minimum Gasteiger partial charge on any atom is -0.466 e. The predicted octanol–water partition coefficient (Wildman–Crippen LogP) is 3.30. The molecule has 0 saturated carbocycles. The molecular formula is C30H36ClFN5O6S2+. The number of esters is 2. The van der Waals surface area contributed by atoms with Crippen LogP contribution in [0.4, 0.5) is 4.39 Å². The van der Waals surface area contributed by atoms with E-state index in [2.05, 4.69) is 26.1 Å². The molecule has 0 amide bonds. The van der Waals surface area contributed by atoms with Gasteiger partial charge in [0.25, 0.3) is 10.9 Å². The van der Waals surface area contributed by atoms with E-state index in [9.17, 15) is 18.2 Å². The molecule has 0 spiro atoms. The summed E-state index contributed by atoms with van der Waals surface area (Å²) in [5, 5.41) is 5.74. The van der Waals surface area contributed by atoms with Crippen molar-refractivity contribution < 1.29 is 32.4 Å². The van der Waals surface area contributed by atoms with Gasteiger partial charge in [-0.15, -0.1) is 0 Å². The predicted molar refractivity (Wildman–Crippen MR) is 171 cm³/mol. The van der Waals surface area contributed by atoms with Crippen LogP contribution >= 0.6 is 23.4 Å². The van der Waals surface area contributed by atoms with Crippen molar-refractivity contribution in [3.8, 4) is 0 Å². The summed E-state index contributed by atoms with van der Waals surface area (Å²) in [5.41, 5.74) is 0.578. The first-order valence-corrected chi connectivity index (χ1v) is 17.4. The van der Waals surface area contributed by atoms with Crippen molar-refractivity contribution in [1.29, 1.82) is 0 Å². The third-order valence-electron chi connectivity index (χ3n) is 8.01. The van der Waals surface area contributed by atoms with Crippen LogP contribution in [0.15, 0.2) is 44.9 Å². The average molecular weight is 681 g/mol. The molecule has 11 nitrogen and oxygen atoms in total.